The largest absolute Gasteiger partial charge is 0.379 e. The summed E-state index contributed by atoms with van der Waals surface area (Å²) in [5.41, 5.74) is 2.73. The Morgan fingerprint density at radius 2 is 2.00 bits per heavy atom. The molecule has 0 radical (unpaired) electrons. The Morgan fingerprint density at radius 1 is 1.14 bits per heavy atom. The van der Waals surface area contributed by atoms with Crippen molar-refractivity contribution in [2.45, 2.75) is 43.7 Å². The molecule has 1 aliphatic heterocycles. The molecular weight excluding hydrogens is 290 g/mol. The topological polar surface area (TPSA) is 23.5 Å². The number of likely N-dealkylation sites (tertiary alicyclic amines) is 1. The fraction of sp³-hybridized carbons (Fsp3) is 0.474. The number of aryl methyl sites for hydroxylation is 2. The van der Waals surface area contributed by atoms with Crippen molar-refractivity contribution in [3.63, 3.8) is 0 Å². The third-order valence-corrected chi connectivity index (χ3v) is 6.44. The molecule has 1 aromatic carbocycles. The normalized spacial score (nSPS) is 28.7. The lowest BCUT2D eigenvalue weighted by molar-refractivity contribution is -0.0277. The number of nitrogens with zero attached hydrogens (tertiary/aromatic N) is 1. The highest BCUT2D eigenvalue weighted by Gasteiger charge is 2.46. The van der Waals surface area contributed by atoms with Gasteiger partial charge in [-0.15, -0.1) is 11.3 Å². The number of piperidine rings is 1. The van der Waals surface area contributed by atoms with Crippen molar-refractivity contribution >= 4 is 11.3 Å². The predicted molar refractivity (Wildman–Crippen MR) is 91.4 cm³/mol. The monoisotopic (exact) mass is 313 g/mol. The van der Waals surface area contributed by atoms with Crippen LogP contribution in [0.1, 0.15) is 40.8 Å². The zero-order chi connectivity index (χ0) is 15.2. The van der Waals surface area contributed by atoms with E-state index in [1.54, 1.807) is 11.3 Å². The van der Waals surface area contributed by atoms with E-state index in [0.717, 1.165) is 36.9 Å². The first kappa shape index (κ1) is 14.4. The maximum Gasteiger partial charge on any atom is 0.131 e. The molecule has 2 atom stereocenters. The number of aliphatic hydroxyl groups is 1. The smallest absolute Gasteiger partial charge is 0.131 e. The number of benzene rings is 1. The molecule has 0 bridgehead atoms. The van der Waals surface area contributed by atoms with E-state index >= 15 is 0 Å². The van der Waals surface area contributed by atoms with Crippen LogP contribution in [0.3, 0.4) is 0 Å². The van der Waals surface area contributed by atoms with E-state index in [2.05, 4.69) is 47.7 Å². The van der Waals surface area contributed by atoms with Gasteiger partial charge in [-0.05, 0) is 61.8 Å². The lowest BCUT2D eigenvalue weighted by atomic mass is 9.76. The Hall–Kier alpha value is -1.16. The molecule has 4 rings (SSSR count). The van der Waals surface area contributed by atoms with Crippen molar-refractivity contribution in [3.8, 4) is 0 Å². The molecular formula is C19H23NOS. The van der Waals surface area contributed by atoms with Gasteiger partial charge >= 0.3 is 0 Å². The zero-order valence-electron chi connectivity index (χ0n) is 13.1. The lowest BCUT2D eigenvalue weighted by Gasteiger charge is -2.44. The summed E-state index contributed by atoms with van der Waals surface area (Å²) in [5.74, 6) is 0. The molecule has 116 valence electrons. The third-order valence-electron chi connectivity index (χ3n) is 5.46. The van der Waals surface area contributed by atoms with E-state index in [1.807, 2.05) is 0 Å². The predicted octanol–water partition coefficient (Wildman–Crippen LogP) is 3.57. The van der Waals surface area contributed by atoms with Crippen LogP contribution in [0.4, 0.5) is 0 Å². The Balaban J connectivity index is 1.93. The summed E-state index contributed by atoms with van der Waals surface area (Å²) >= 11 is 1.80. The maximum absolute atomic E-state index is 12.0. The first-order valence-corrected chi connectivity index (χ1v) is 9.17. The SMILES string of the molecule is CN1CCCCC1C1(O)c2ccccc2CCc2sccc21. The average molecular weight is 313 g/mol. The van der Waals surface area contributed by atoms with E-state index in [-0.39, 0.29) is 6.04 Å². The number of hydrogen-bond donors (Lipinski definition) is 1. The quantitative estimate of drug-likeness (QED) is 0.870. The summed E-state index contributed by atoms with van der Waals surface area (Å²) in [6.07, 6.45) is 5.59. The Kier molecular flexibility index (Phi) is 3.60. The molecule has 1 aliphatic carbocycles. The minimum atomic E-state index is -0.863. The molecule has 1 fully saturated rings. The fourth-order valence-corrected chi connectivity index (χ4v) is 5.28. The van der Waals surface area contributed by atoms with Gasteiger partial charge in [0, 0.05) is 16.5 Å². The van der Waals surface area contributed by atoms with Crippen molar-refractivity contribution in [2.24, 2.45) is 0 Å². The van der Waals surface area contributed by atoms with E-state index < -0.39 is 5.60 Å². The highest BCUT2D eigenvalue weighted by molar-refractivity contribution is 7.10. The Labute approximate surface area is 136 Å². The Morgan fingerprint density at radius 3 is 2.86 bits per heavy atom. The first-order chi connectivity index (χ1) is 10.7. The van der Waals surface area contributed by atoms with Crippen molar-refractivity contribution in [1.82, 2.24) is 4.90 Å². The van der Waals surface area contributed by atoms with E-state index in [1.165, 1.54) is 23.3 Å². The second-order valence-electron chi connectivity index (χ2n) is 6.67. The third kappa shape index (κ3) is 2.07. The number of likely N-dealkylation sites (N-methyl/N-ethyl adjacent to an activating group) is 1. The van der Waals surface area contributed by atoms with Gasteiger partial charge < -0.3 is 5.11 Å². The van der Waals surface area contributed by atoms with Gasteiger partial charge in [0.1, 0.15) is 5.60 Å². The minimum absolute atomic E-state index is 0.175. The molecule has 2 unspecified atom stereocenters. The average Bonchev–Trinajstić information content (AvgIpc) is 2.98. The molecule has 3 heteroatoms. The number of fused-ring (bicyclic) bond motifs is 2. The van der Waals surface area contributed by atoms with Crippen LogP contribution in [0.5, 0.6) is 0 Å². The van der Waals surface area contributed by atoms with Crippen LogP contribution in [0, 0.1) is 0 Å². The summed E-state index contributed by atoms with van der Waals surface area (Å²) in [6.45, 7) is 1.08. The van der Waals surface area contributed by atoms with Gasteiger partial charge in [-0.1, -0.05) is 30.7 Å². The molecule has 0 spiro atoms. The van der Waals surface area contributed by atoms with Gasteiger partial charge in [0.05, 0.1) is 0 Å². The van der Waals surface area contributed by atoms with Gasteiger partial charge in [-0.25, -0.2) is 0 Å². The summed E-state index contributed by atoms with van der Waals surface area (Å²) in [5, 5.41) is 14.1. The van der Waals surface area contributed by atoms with Gasteiger partial charge in [0.2, 0.25) is 0 Å². The molecule has 2 heterocycles. The summed E-state index contributed by atoms with van der Waals surface area (Å²) in [7, 11) is 2.17. The van der Waals surface area contributed by atoms with Crippen LogP contribution in [0.2, 0.25) is 0 Å². The molecule has 2 nitrogen and oxygen atoms in total. The van der Waals surface area contributed by atoms with E-state index in [9.17, 15) is 5.11 Å². The van der Waals surface area contributed by atoms with Crippen molar-refractivity contribution in [3.05, 3.63) is 57.3 Å². The van der Waals surface area contributed by atoms with Gasteiger partial charge in [0.25, 0.3) is 0 Å². The number of hydrogen-bond acceptors (Lipinski definition) is 3. The van der Waals surface area contributed by atoms with Crippen LogP contribution in [-0.2, 0) is 18.4 Å². The van der Waals surface area contributed by atoms with Crippen LogP contribution in [0.15, 0.2) is 35.7 Å². The summed E-state index contributed by atoms with van der Waals surface area (Å²) < 4.78 is 0. The van der Waals surface area contributed by atoms with Crippen LogP contribution in [0.25, 0.3) is 0 Å². The summed E-state index contributed by atoms with van der Waals surface area (Å²) in [6, 6.07) is 10.8. The molecule has 1 saturated heterocycles. The van der Waals surface area contributed by atoms with Gasteiger partial charge in [0.15, 0.2) is 0 Å². The highest BCUT2D eigenvalue weighted by atomic mass is 32.1. The number of thiophene rings is 1. The van der Waals surface area contributed by atoms with Crippen molar-refractivity contribution < 1.29 is 5.11 Å². The molecule has 0 amide bonds. The zero-order valence-corrected chi connectivity index (χ0v) is 13.9. The highest BCUT2D eigenvalue weighted by Crippen LogP contribution is 2.45. The molecule has 1 aromatic heterocycles. The molecule has 22 heavy (non-hydrogen) atoms. The molecule has 2 aliphatic rings. The lowest BCUT2D eigenvalue weighted by Crippen LogP contribution is -2.52. The maximum atomic E-state index is 12.0. The van der Waals surface area contributed by atoms with Crippen LogP contribution < -0.4 is 0 Å². The van der Waals surface area contributed by atoms with Gasteiger partial charge in [-0.3, -0.25) is 4.90 Å². The Bertz CT molecular complexity index is 680. The van der Waals surface area contributed by atoms with E-state index in [4.69, 9.17) is 0 Å². The number of rotatable bonds is 1. The molecule has 2 aromatic rings. The van der Waals surface area contributed by atoms with E-state index in [0.29, 0.717) is 0 Å². The standard InChI is InChI=1S/C19H23NOS/c1-20-12-5-4-8-18(20)19(21)15-7-3-2-6-14(15)9-10-17-16(19)11-13-22-17/h2-3,6-7,11,13,18,21H,4-5,8-10,12H2,1H3. The van der Waals surface area contributed by atoms with Crippen molar-refractivity contribution in [1.29, 1.82) is 0 Å². The van der Waals surface area contributed by atoms with Crippen molar-refractivity contribution in [2.75, 3.05) is 13.6 Å². The minimum Gasteiger partial charge on any atom is -0.379 e. The van der Waals surface area contributed by atoms with Crippen LogP contribution >= 0.6 is 11.3 Å². The summed E-state index contributed by atoms with van der Waals surface area (Å²) in [4.78, 5) is 3.73. The first-order valence-electron chi connectivity index (χ1n) is 8.29. The molecule has 0 saturated carbocycles. The second-order valence-corrected chi connectivity index (χ2v) is 7.67. The van der Waals surface area contributed by atoms with Crippen LogP contribution in [-0.4, -0.2) is 29.6 Å². The fourth-order valence-electron chi connectivity index (χ4n) is 4.34. The van der Waals surface area contributed by atoms with Gasteiger partial charge in [-0.2, -0.15) is 0 Å². The second kappa shape index (κ2) is 5.48. The molecule has 1 N–H and O–H groups in total.